The third-order valence-corrected chi connectivity index (χ3v) is 11.0. The fourth-order valence-electron chi connectivity index (χ4n) is 7.28. The number of carbonyl (C=O) groups excluding carboxylic acids is 1. The first kappa shape index (κ1) is 53.4. The number of hydrogen-bond donors (Lipinski definition) is 3. The van der Waals surface area contributed by atoms with Gasteiger partial charge < -0.3 is 15.5 Å². The van der Waals surface area contributed by atoms with Crippen LogP contribution < -0.4 is 5.32 Å². The summed E-state index contributed by atoms with van der Waals surface area (Å²) < 4.78 is 0. The Morgan fingerprint density at radius 3 is 1.16 bits per heavy atom. The number of aliphatic hydroxyl groups excluding tert-OH is 2. The first-order valence-electron chi connectivity index (χ1n) is 24.4. The molecule has 0 radical (unpaired) electrons. The number of aliphatic hydroxyl groups is 2. The Morgan fingerprint density at radius 1 is 0.436 bits per heavy atom. The Morgan fingerprint density at radius 2 is 0.764 bits per heavy atom. The smallest absolute Gasteiger partial charge is 0.220 e. The number of nitrogens with one attached hydrogen (secondary N) is 1. The molecule has 4 nitrogen and oxygen atoms in total. The Balaban J connectivity index is 3.54. The molecule has 0 aliphatic heterocycles. The van der Waals surface area contributed by atoms with Crippen LogP contribution in [0.2, 0.25) is 0 Å². The summed E-state index contributed by atoms with van der Waals surface area (Å²) in [6.45, 7) is 4.29. The van der Waals surface area contributed by atoms with Crippen molar-refractivity contribution in [3.05, 3.63) is 48.6 Å². The molecule has 0 heterocycles. The van der Waals surface area contributed by atoms with Crippen molar-refractivity contribution >= 4 is 5.91 Å². The second kappa shape index (κ2) is 46.7. The van der Waals surface area contributed by atoms with Crippen LogP contribution in [-0.4, -0.2) is 34.9 Å². The van der Waals surface area contributed by atoms with Crippen molar-refractivity contribution in [3.8, 4) is 0 Å². The van der Waals surface area contributed by atoms with E-state index in [1.54, 1.807) is 6.08 Å². The van der Waals surface area contributed by atoms with Gasteiger partial charge in [-0.3, -0.25) is 4.79 Å². The van der Waals surface area contributed by atoms with Gasteiger partial charge in [0.1, 0.15) is 0 Å². The van der Waals surface area contributed by atoms with Crippen LogP contribution in [0.25, 0.3) is 0 Å². The molecule has 0 aromatic heterocycles. The van der Waals surface area contributed by atoms with Crippen LogP contribution in [0.4, 0.5) is 0 Å². The van der Waals surface area contributed by atoms with E-state index in [4.69, 9.17) is 0 Å². The molecule has 55 heavy (non-hydrogen) atoms. The maximum Gasteiger partial charge on any atom is 0.220 e. The average molecular weight is 770 g/mol. The number of hydrogen-bond acceptors (Lipinski definition) is 3. The minimum Gasteiger partial charge on any atom is -0.394 e. The molecule has 0 aromatic carbocycles. The lowest BCUT2D eigenvalue weighted by Crippen LogP contribution is -2.45. The molecule has 0 rings (SSSR count). The van der Waals surface area contributed by atoms with Crippen molar-refractivity contribution in [3.63, 3.8) is 0 Å². The van der Waals surface area contributed by atoms with E-state index in [2.05, 4.69) is 55.6 Å². The summed E-state index contributed by atoms with van der Waals surface area (Å²) in [7, 11) is 0. The molecule has 0 fully saturated rings. The topological polar surface area (TPSA) is 69.6 Å². The van der Waals surface area contributed by atoms with E-state index in [0.29, 0.717) is 6.42 Å². The molecule has 0 spiro atoms. The second-order valence-corrected chi connectivity index (χ2v) is 16.5. The Hall–Kier alpha value is -1.65. The minimum absolute atomic E-state index is 0.0731. The van der Waals surface area contributed by atoms with Gasteiger partial charge in [0.15, 0.2) is 0 Å². The highest BCUT2D eigenvalue weighted by atomic mass is 16.3. The molecular formula is C51H95NO3. The maximum absolute atomic E-state index is 12.4. The molecule has 2 unspecified atom stereocenters. The highest BCUT2D eigenvalue weighted by Gasteiger charge is 2.17. The Labute approximate surface area is 344 Å². The quantitative estimate of drug-likeness (QED) is 0.0427. The van der Waals surface area contributed by atoms with Crippen LogP contribution in [0.15, 0.2) is 48.6 Å². The highest BCUT2D eigenvalue weighted by Crippen LogP contribution is 2.15. The normalized spacial score (nSPS) is 13.3. The predicted octanol–water partition coefficient (Wildman–Crippen LogP) is 15.5. The Bertz CT molecular complexity index is 877. The third-order valence-electron chi connectivity index (χ3n) is 11.0. The molecule has 1 amide bonds. The number of amides is 1. The van der Waals surface area contributed by atoms with Crippen molar-refractivity contribution in [2.45, 2.75) is 264 Å². The van der Waals surface area contributed by atoms with Gasteiger partial charge in [0.25, 0.3) is 0 Å². The minimum atomic E-state index is -0.862. The fourth-order valence-corrected chi connectivity index (χ4v) is 7.28. The zero-order valence-corrected chi connectivity index (χ0v) is 36.9. The van der Waals surface area contributed by atoms with Gasteiger partial charge in [-0.2, -0.15) is 0 Å². The van der Waals surface area contributed by atoms with Gasteiger partial charge in [0.05, 0.1) is 18.8 Å². The molecule has 2 atom stereocenters. The summed E-state index contributed by atoms with van der Waals surface area (Å²) in [5.41, 5.74) is 0. The van der Waals surface area contributed by atoms with Crippen molar-refractivity contribution < 1.29 is 15.0 Å². The Kier molecular flexibility index (Phi) is 45.3. The zero-order valence-electron chi connectivity index (χ0n) is 36.9. The van der Waals surface area contributed by atoms with Gasteiger partial charge in [0.2, 0.25) is 5.91 Å². The van der Waals surface area contributed by atoms with E-state index in [1.807, 2.05) is 6.08 Å². The lowest BCUT2D eigenvalue weighted by Gasteiger charge is -2.19. The molecule has 0 bridgehead atoms. The molecule has 0 aromatic rings. The van der Waals surface area contributed by atoms with Crippen LogP contribution in [0.3, 0.4) is 0 Å². The van der Waals surface area contributed by atoms with Crippen LogP contribution in [0.1, 0.15) is 251 Å². The van der Waals surface area contributed by atoms with E-state index in [1.165, 1.54) is 193 Å². The molecule has 0 aliphatic rings. The largest absolute Gasteiger partial charge is 0.394 e. The van der Waals surface area contributed by atoms with Gasteiger partial charge in [-0.15, -0.1) is 0 Å². The highest BCUT2D eigenvalue weighted by molar-refractivity contribution is 5.76. The van der Waals surface area contributed by atoms with Crippen molar-refractivity contribution in [2.24, 2.45) is 0 Å². The lowest BCUT2D eigenvalue weighted by atomic mass is 10.0. The van der Waals surface area contributed by atoms with Gasteiger partial charge >= 0.3 is 0 Å². The van der Waals surface area contributed by atoms with E-state index >= 15 is 0 Å². The summed E-state index contributed by atoms with van der Waals surface area (Å²) in [5.74, 6) is -0.0731. The molecule has 0 saturated heterocycles. The first-order valence-corrected chi connectivity index (χ1v) is 24.4. The fraction of sp³-hybridized carbons (Fsp3) is 0.824. The second-order valence-electron chi connectivity index (χ2n) is 16.5. The summed E-state index contributed by atoms with van der Waals surface area (Å²) in [5, 5.41) is 23.0. The summed E-state index contributed by atoms with van der Waals surface area (Å²) in [6.07, 6.45) is 63.8. The summed E-state index contributed by atoms with van der Waals surface area (Å²) >= 11 is 0. The molecule has 3 N–H and O–H groups in total. The standard InChI is InChI=1S/C51H95NO3/c1-3-5-7-9-11-13-15-17-19-21-22-23-24-25-26-27-28-29-30-31-33-35-37-39-41-43-45-47-51(55)52-49(48-53)50(54)46-44-42-40-38-36-34-32-20-18-16-14-12-10-8-6-4-2/h15,17,21-22,36,38,44,46,49-50,53-54H,3-14,16,18-20,23-35,37,39-43,45,47-48H2,1-2H3,(H,52,55)/b17-15-,22-21-,38-36+,46-44+. The van der Waals surface area contributed by atoms with Crippen LogP contribution in [0.5, 0.6) is 0 Å². The number of allylic oxidation sites excluding steroid dienone is 7. The summed E-state index contributed by atoms with van der Waals surface area (Å²) in [4.78, 5) is 12.4. The number of carbonyl (C=O) groups is 1. The van der Waals surface area contributed by atoms with Gasteiger partial charge in [0, 0.05) is 6.42 Å². The molecule has 322 valence electrons. The van der Waals surface area contributed by atoms with Crippen molar-refractivity contribution in [1.29, 1.82) is 0 Å². The predicted molar refractivity (Wildman–Crippen MR) is 244 cm³/mol. The van der Waals surface area contributed by atoms with E-state index in [-0.39, 0.29) is 12.5 Å². The molecule has 4 heteroatoms. The van der Waals surface area contributed by atoms with Crippen LogP contribution in [-0.2, 0) is 4.79 Å². The van der Waals surface area contributed by atoms with E-state index < -0.39 is 12.1 Å². The maximum atomic E-state index is 12.4. The number of unbranched alkanes of at least 4 members (excludes halogenated alkanes) is 31. The zero-order chi connectivity index (χ0) is 40.0. The SMILES string of the molecule is CCCCCCC/C=C\C/C=C\CCCCCCCCCCCCCCCCCC(=O)NC(CO)C(O)/C=C/CC/C=C/CCCCCCCCCCCC. The lowest BCUT2D eigenvalue weighted by molar-refractivity contribution is -0.123. The average Bonchev–Trinajstić information content (AvgIpc) is 3.19. The van der Waals surface area contributed by atoms with Crippen molar-refractivity contribution in [2.75, 3.05) is 6.61 Å². The molecule has 0 saturated carbocycles. The number of rotatable bonds is 44. The summed E-state index contributed by atoms with van der Waals surface area (Å²) in [6, 6.07) is -0.639. The van der Waals surface area contributed by atoms with Gasteiger partial charge in [-0.1, -0.05) is 229 Å². The van der Waals surface area contributed by atoms with Gasteiger partial charge in [-0.05, 0) is 64.2 Å². The van der Waals surface area contributed by atoms with Crippen LogP contribution >= 0.6 is 0 Å². The van der Waals surface area contributed by atoms with E-state index in [0.717, 1.165) is 38.5 Å². The monoisotopic (exact) mass is 770 g/mol. The van der Waals surface area contributed by atoms with Gasteiger partial charge in [-0.25, -0.2) is 0 Å². The molecule has 0 aliphatic carbocycles. The van der Waals surface area contributed by atoms with E-state index in [9.17, 15) is 15.0 Å². The van der Waals surface area contributed by atoms with Crippen LogP contribution in [0, 0.1) is 0 Å². The van der Waals surface area contributed by atoms with Crippen molar-refractivity contribution in [1.82, 2.24) is 5.32 Å². The molecular weight excluding hydrogens is 675 g/mol. The third kappa shape index (κ3) is 43.3. The first-order chi connectivity index (χ1) is 27.2.